The van der Waals surface area contributed by atoms with Crippen molar-refractivity contribution in [3.05, 3.63) is 60.2 Å². The van der Waals surface area contributed by atoms with Crippen LogP contribution in [0.4, 0.5) is 0 Å². The molecule has 100 valence electrons. The SMILES string of the molecule is COc1ccc(CN=S(C)(=O)c2ccccc2)cc1. The van der Waals surface area contributed by atoms with Crippen LogP contribution in [0.3, 0.4) is 0 Å². The van der Waals surface area contributed by atoms with Crippen molar-refractivity contribution in [1.29, 1.82) is 0 Å². The molecule has 3 nitrogen and oxygen atoms in total. The van der Waals surface area contributed by atoms with Gasteiger partial charge in [0, 0.05) is 11.2 Å². The molecule has 0 aromatic heterocycles. The van der Waals surface area contributed by atoms with E-state index >= 15 is 0 Å². The summed E-state index contributed by atoms with van der Waals surface area (Å²) in [6.45, 7) is 0.439. The number of ether oxygens (including phenoxy) is 1. The largest absolute Gasteiger partial charge is 0.497 e. The topological polar surface area (TPSA) is 38.7 Å². The lowest BCUT2D eigenvalue weighted by Gasteiger charge is -2.05. The Labute approximate surface area is 114 Å². The zero-order valence-electron chi connectivity index (χ0n) is 11.1. The molecule has 2 aromatic rings. The van der Waals surface area contributed by atoms with Gasteiger partial charge in [-0.25, -0.2) is 8.57 Å². The van der Waals surface area contributed by atoms with Crippen molar-refractivity contribution in [3.63, 3.8) is 0 Å². The Morgan fingerprint density at radius 3 is 2.26 bits per heavy atom. The summed E-state index contributed by atoms with van der Waals surface area (Å²) < 4.78 is 21.9. The van der Waals surface area contributed by atoms with E-state index in [4.69, 9.17) is 4.74 Å². The van der Waals surface area contributed by atoms with Gasteiger partial charge in [-0.1, -0.05) is 30.3 Å². The Hall–Kier alpha value is -1.81. The number of hydrogen-bond acceptors (Lipinski definition) is 3. The maximum Gasteiger partial charge on any atom is 0.118 e. The molecule has 0 N–H and O–H groups in total. The monoisotopic (exact) mass is 275 g/mol. The van der Waals surface area contributed by atoms with E-state index in [0.29, 0.717) is 6.54 Å². The van der Waals surface area contributed by atoms with Crippen LogP contribution < -0.4 is 4.74 Å². The third-order valence-electron chi connectivity index (χ3n) is 2.83. The van der Waals surface area contributed by atoms with Gasteiger partial charge in [-0.3, -0.25) is 0 Å². The average Bonchev–Trinajstić information content (AvgIpc) is 2.47. The summed E-state index contributed by atoms with van der Waals surface area (Å²) in [5, 5.41) is 0. The fraction of sp³-hybridized carbons (Fsp3) is 0.200. The molecule has 1 unspecified atom stereocenters. The summed E-state index contributed by atoms with van der Waals surface area (Å²) in [5.41, 5.74) is 1.02. The third-order valence-corrected chi connectivity index (χ3v) is 4.60. The fourth-order valence-corrected chi connectivity index (χ4v) is 2.88. The van der Waals surface area contributed by atoms with E-state index in [2.05, 4.69) is 4.36 Å². The summed E-state index contributed by atoms with van der Waals surface area (Å²) in [5.74, 6) is 0.809. The summed E-state index contributed by atoms with van der Waals surface area (Å²) in [6, 6.07) is 17.0. The van der Waals surface area contributed by atoms with Crippen LogP contribution >= 0.6 is 0 Å². The van der Waals surface area contributed by atoms with E-state index in [1.165, 1.54) is 0 Å². The minimum Gasteiger partial charge on any atom is -0.497 e. The van der Waals surface area contributed by atoms with Gasteiger partial charge >= 0.3 is 0 Å². The van der Waals surface area contributed by atoms with Gasteiger partial charge in [-0.05, 0) is 29.8 Å². The zero-order valence-corrected chi connectivity index (χ0v) is 11.9. The van der Waals surface area contributed by atoms with E-state index in [-0.39, 0.29) is 0 Å². The van der Waals surface area contributed by atoms with Crippen molar-refractivity contribution in [2.24, 2.45) is 4.36 Å². The predicted molar refractivity (Wildman–Crippen MR) is 77.9 cm³/mol. The molecule has 2 aromatic carbocycles. The highest BCUT2D eigenvalue weighted by Gasteiger charge is 2.04. The molecular weight excluding hydrogens is 258 g/mol. The van der Waals surface area contributed by atoms with E-state index in [1.54, 1.807) is 13.4 Å². The summed E-state index contributed by atoms with van der Waals surface area (Å²) in [6.07, 6.45) is 1.67. The van der Waals surface area contributed by atoms with Gasteiger partial charge in [0.25, 0.3) is 0 Å². The van der Waals surface area contributed by atoms with E-state index in [1.807, 2.05) is 54.6 Å². The summed E-state index contributed by atoms with van der Waals surface area (Å²) >= 11 is 0. The molecule has 1 atom stereocenters. The Morgan fingerprint density at radius 1 is 1.05 bits per heavy atom. The molecule has 19 heavy (non-hydrogen) atoms. The highest BCUT2D eigenvalue weighted by Crippen LogP contribution is 2.15. The maximum atomic E-state index is 12.5. The molecule has 4 heteroatoms. The van der Waals surface area contributed by atoms with Gasteiger partial charge in [0.05, 0.1) is 23.4 Å². The molecule has 2 rings (SSSR count). The maximum absolute atomic E-state index is 12.5. The molecule has 0 aliphatic carbocycles. The molecule has 0 spiro atoms. The first-order chi connectivity index (χ1) is 9.12. The first kappa shape index (κ1) is 13.6. The fourth-order valence-electron chi connectivity index (χ4n) is 1.68. The lowest BCUT2D eigenvalue weighted by Crippen LogP contribution is -1.98. The van der Waals surface area contributed by atoms with Crippen molar-refractivity contribution in [3.8, 4) is 5.75 Å². The molecule has 0 radical (unpaired) electrons. The van der Waals surface area contributed by atoms with Gasteiger partial charge < -0.3 is 4.74 Å². The number of hydrogen-bond donors (Lipinski definition) is 0. The van der Waals surface area contributed by atoms with Crippen molar-refractivity contribution < 1.29 is 8.95 Å². The first-order valence-electron chi connectivity index (χ1n) is 5.98. The number of methoxy groups -OCH3 is 1. The minimum atomic E-state index is -2.33. The molecule has 0 aliphatic heterocycles. The van der Waals surface area contributed by atoms with Crippen LogP contribution in [-0.2, 0) is 16.3 Å². The summed E-state index contributed by atoms with van der Waals surface area (Å²) in [7, 11) is -0.698. The quantitative estimate of drug-likeness (QED) is 0.858. The molecule has 0 fully saturated rings. The third kappa shape index (κ3) is 3.58. The lowest BCUT2D eigenvalue weighted by molar-refractivity contribution is 0.414. The van der Waals surface area contributed by atoms with Gasteiger partial charge in [-0.15, -0.1) is 0 Å². The van der Waals surface area contributed by atoms with Crippen LogP contribution in [0.15, 0.2) is 63.9 Å². The minimum absolute atomic E-state index is 0.439. The van der Waals surface area contributed by atoms with Gasteiger partial charge in [0.1, 0.15) is 5.75 Å². The smallest absolute Gasteiger partial charge is 0.118 e. The molecule has 0 heterocycles. The van der Waals surface area contributed by atoms with E-state index < -0.39 is 9.73 Å². The van der Waals surface area contributed by atoms with Crippen molar-refractivity contribution in [1.82, 2.24) is 0 Å². The second kappa shape index (κ2) is 5.89. The van der Waals surface area contributed by atoms with Gasteiger partial charge in [0.2, 0.25) is 0 Å². The lowest BCUT2D eigenvalue weighted by atomic mass is 10.2. The van der Waals surface area contributed by atoms with Crippen LogP contribution in [0.5, 0.6) is 5.75 Å². The molecule has 0 saturated heterocycles. The number of nitrogens with zero attached hydrogens (tertiary/aromatic N) is 1. The molecule has 0 saturated carbocycles. The highest BCUT2D eigenvalue weighted by atomic mass is 32.2. The van der Waals surface area contributed by atoms with Crippen LogP contribution in [0.25, 0.3) is 0 Å². The van der Waals surface area contributed by atoms with Crippen LogP contribution in [0.2, 0.25) is 0 Å². The standard InChI is InChI=1S/C15H17NO2S/c1-18-14-10-8-13(9-11-14)12-16-19(2,17)15-6-4-3-5-7-15/h3-11H,12H2,1-2H3. The van der Waals surface area contributed by atoms with Crippen molar-refractivity contribution in [2.45, 2.75) is 11.4 Å². The highest BCUT2D eigenvalue weighted by molar-refractivity contribution is 7.93. The number of benzene rings is 2. The normalized spacial score (nSPS) is 13.6. The second-order valence-corrected chi connectivity index (χ2v) is 6.59. The van der Waals surface area contributed by atoms with Crippen LogP contribution in [0, 0.1) is 0 Å². The second-order valence-electron chi connectivity index (χ2n) is 4.25. The molecular formula is C15H17NO2S. The van der Waals surface area contributed by atoms with Crippen molar-refractivity contribution in [2.75, 3.05) is 13.4 Å². The first-order valence-corrected chi connectivity index (χ1v) is 7.90. The predicted octanol–water partition coefficient (Wildman–Crippen LogP) is 3.35. The average molecular weight is 275 g/mol. The van der Waals surface area contributed by atoms with Gasteiger partial charge in [-0.2, -0.15) is 0 Å². The Balaban J connectivity index is 2.19. The van der Waals surface area contributed by atoms with Crippen LogP contribution in [-0.4, -0.2) is 17.6 Å². The van der Waals surface area contributed by atoms with Crippen molar-refractivity contribution >= 4 is 9.73 Å². The van der Waals surface area contributed by atoms with Crippen LogP contribution in [0.1, 0.15) is 5.56 Å². The van der Waals surface area contributed by atoms with Gasteiger partial charge in [0.15, 0.2) is 0 Å². The molecule has 0 bridgehead atoms. The molecule has 0 amide bonds. The Kier molecular flexibility index (Phi) is 4.22. The summed E-state index contributed by atoms with van der Waals surface area (Å²) in [4.78, 5) is 0.767. The molecule has 0 aliphatic rings. The zero-order chi connectivity index (χ0) is 13.7. The van der Waals surface area contributed by atoms with E-state index in [9.17, 15) is 4.21 Å². The number of rotatable bonds is 4. The van der Waals surface area contributed by atoms with E-state index in [0.717, 1.165) is 16.2 Å². The Morgan fingerprint density at radius 2 is 1.68 bits per heavy atom. The Bertz CT molecular complexity index is 642.